The number of hydrogen-bond donors (Lipinski definition) is 0. The maximum absolute atomic E-state index is 12.7. The van der Waals surface area contributed by atoms with Gasteiger partial charge in [0.05, 0.1) is 6.54 Å². The van der Waals surface area contributed by atoms with E-state index in [9.17, 15) is 4.79 Å². The van der Waals surface area contributed by atoms with E-state index in [1.54, 1.807) is 0 Å². The third-order valence-electron chi connectivity index (χ3n) is 4.72. The minimum absolute atomic E-state index is 0.135. The molecule has 21 heavy (non-hydrogen) atoms. The van der Waals surface area contributed by atoms with Gasteiger partial charge in [0.1, 0.15) is 0 Å². The molecule has 1 aliphatic rings. The topological polar surface area (TPSA) is 23.6 Å². The number of nitrogens with zero attached hydrogens (tertiary/aromatic N) is 2. The zero-order valence-electron chi connectivity index (χ0n) is 14.3. The van der Waals surface area contributed by atoms with Crippen molar-refractivity contribution in [3.8, 4) is 0 Å². The van der Waals surface area contributed by atoms with Crippen molar-refractivity contribution in [2.45, 2.75) is 40.2 Å². The fourth-order valence-corrected chi connectivity index (χ4v) is 3.38. The highest BCUT2D eigenvalue weighted by atomic mass is 16.1. The molecule has 1 heterocycles. The first kappa shape index (κ1) is 16.2. The molecule has 1 aromatic carbocycles. The Morgan fingerprint density at radius 2 is 1.71 bits per heavy atom. The Kier molecular flexibility index (Phi) is 4.54. The molecule has 3 heteroatoms. The van der Waals surface area contributed by atoms with E-state index < -0.39 is 0 Å². The average Bonchev–Trinajstić information content (AvgIpc) is 2.32. The summed E-state index contributed by atoms with van der Waals surface area (Å²) in [5, 5.41) is 0. The summed E-state index contributed by atoms with van der Waals surface area (Å²) < 4.78 is 0. The molecule has 0 saturated carbocycles. The van der Waals surface area contributed by atoms with Gasteiger partial charge in [0.2, 0.25) is 0 Å². The lowest BCUT2D eigenvalue weighted by atomic mass is 9.95. The van der Waals surface area contributed by atoms with Crippen LogP contribution in [0.15, 0.2) is 12.1 Å². The highest BCUT2D eigenvalue weighted by molar-refractivity contribution is 6.00. The summed E-state index contributed by atoms with van der Waals surface area (Å²) in [6, 6.07) is 4.21. The molecule has 2 rings (SSSR count). The van der Waals surface area contributed by atoms with Crippen LogP contribution in [-0.2, 0) is 0 Å². The fourth-order valence-electron chi connectivity index (χ4n) is 3.38. The van der Waals surface area contributed by atoms with Crippen molar-refractivity contribution in [2.75, 3.05) is 33.2 Å². The Morgan fingerprint density at radius 1 is 1.14 bits per heavy atom. The van der Waals surface area contributed by atoms with Crippen LogP contribution in [0.3, 0.4) is 0 Å². The fraction of sp³-hybridized carbons (Fsp3) is 0.611. The van der Waals surface area contributed by atoms with E-state index in [1.807, 2.05) is 13.8 Å². The summed E-state index contributed by atoms with van der Waals surface area (Å²) >= 11 is 0. The first-order valence-electron chi connectivity index (χ1n) is 7.75. The van der Waals surface area contributed by atoms with Crippen molar-refractivity contribution in [1.82, 2.24) is 9.80 Å². The van der Waals surface area contributed by atoms with E-state index in [1.165, 1.54) is 5.56 Å². The molecule has 0 amide bonds. The Morgan fingerprint density at radius 3 is 2.24 bits per heavy atom. The van der Waals surface area contributed by atoms with Gasteiger partial charge in [-0.15, -0.1) is 0 Å². The van der Waals surface area contributed by atoms with Gasteiger partial charge < -0.3 is 0 Å². The van der Waals surface area contributed by atoms with Crippen LogP contribution < -0.4 is 0 Å². The Balaban J connectivity index is 2.13. The molecule has 0 spiro atoms. The van der Waals surface area contributed by atoms with Crippen LogP contribution in [0.25, 0.3) is 0 Å². The minimum Gasteiger partial charge on any atom is -0.299 e. The van der Waals surface area contributed by atoms with Crippen molar-refractivity contribution >= 4 is 5.78 Å². The molecule has 1 aliphatic heterocycles. The van der Waals surface area contributed by atoms with E-state index in [2.05, 4.69) is 49.8 Å². The average molecular weight is 288 g/mol. The first-order valence-corrected chi connectivity index (χ1v) is 7.75. The van der Waals surface area contributed by atoms with Crippen molar-refractivity contribution < 1.29 is 4.79 Å². The summed E-state index contributed by atoms with van der Waals surface area (Å²) in [5.74, 6) is 0.255. The van der Waals surface area contributed by atoms with E-state index in [-0.39, 0.29) is 11.3 Å². The van der Waals surface area contributed by atoms with Crippen LogP contribution in [0, 0.1) is 20.8 Å². The molecule has 0 bridgehead atoms. The van der Waals surface area contributed by atoms with Gasteiger partial charge in [0.15, 0.2) is 5.78 Å². The molecule has 116 valence electrons. The van der Waals surface area contributed by atoms with Gasteiger partial charge in [-0.3, -0.25) is 14.6 Å². The number of Topliss-reactive ketones (excluding diaryl/α,β-unsaturated/α-hetero) is 1. The summed E-state index contributed by atoms with van der Waals surface area (Å²) in [5.41, 5.74) is 4.48. The van der Waals surface area contributed by atoms with Crippen LogP contribution >= 0.6 is 0 Å². The molecule has 1 saturated heterocycles. The third kappa shape index (κ3) is 3.53. The smallest absolute Gasteiger partial charge is 0.177 e. The molecular formula is C18H28N2O. The van der Waals surface area contributed by atoms with E-state index in [0.717, 1.165) is 36.3 Å². The molecular weight excluding hydrogens is 260 g/mol. The maximum atomic E-state index is 12.7. The second-order valence-electron chi connectivity index (χ2n) is 7.14. The Bertz CT molecular complexity index is 525. The van der Waals surface area contributed by atoms with Gasteiger partial charge in [-0.1, -0.05) is 17.7 Å². The molecule has 1 fully saturated rings. The summed E-state index contributed by atoms with van der Waals surface area (Å²) in [6.45, 7) is 14.1. The molecule has 0 aromatic heterocycles. The Hall–Kier alpha value is -1.19. The third-order valence-corrected chi connectivity index (χ3v) is 4.72. The molecule has 0 radical (unpaired) electrons. The molecule has 0 atom stereocenters. The number of likely N-dealkylation sites (N-methyl/N-ethyl adjacent to an activating group) is 1. The predicted octanol–water partition coefficient (Wildman–Crippen LogP) is 2.82. The minimum atomic E-state index is 0.135. The van der Waals surface area contributed by atoms with Gasteiger partial charge in [-0.25, -0.2) is 0 Å². The Labute approximate surface area is 128 Å². The lowest BCUT2D eigenvalue weighted by molar-refractivity contribution is 0.0389. The van der Waals surface area contributed by atoms with E-state index in [0.29, 0.717) is 6.54 Å². The summed E-state index contributed by atoms with van der Waals surface area (Å²) in [4.78, 5) is 17.4. The largest absolute Gasteiger partial charge is 0.299 e. The number of aryl methyl sites for hydroxylation is 3. The zero-order chi connectivity index (χ0) is 15.8. The number of carbonyl (C=O) groups is 1. The van der Waals surface area contributed by atoms with Crippen molar-refractivity contribution in [3.63, 3.8) is 0 Å². The van der Waals surface area contributed by atoms with Crippen LogP contribution in [0.2, 0.25) is 0 Å². The summed E-state index contributed by atoms with van der Waals surface area (Å²) in [6.07, 6.45) is 0. The second kappa shape index (κ2) is 5.90. The SMILES string of the molecule is Cc1cc(C)c(C(=O)CN2CCN(C)C(C)(C)C2)c(C)c1. The zero-order valence-corrected chi connectivity index (χ0v) is 14.3. The standard InChI is InChI=1S/C18H28N2O/c1-13-9-14(2)17(15(3)10-13)16(21)11-20-8-7-19(6)18(4,5)12-20/h9-10H,7-8,11-12H2,1-6H3. The second-order valence-corrected chi connectivity index (χ2v) is 7.14. The number of piperazine rings is 1. The highest BCUT2D eigenvalue weighted by Gasteiger charge is 2.32. The monoisotopic (exact) mass is 288 g/mol. The molecule has 1 aromatic rings. The highest BCUT2D eigenvalue weighted by Crippen LogP contribution is 2.21. The van der Waals surface area contributed by atoms with Gasteiger partial charge >= 0.3 is 0 Å². The number of hydrogen-bond acceptors (Lipinski definition) is 3. The van der Waals surface area contributed by atoms with Crippen LogP contribution in [-0.4, -0.2) is 54.3 Å². The first-order chi connectivity index (χ1) is 9.70. The summed E-state index contributed by atoms with van der Waals surface area (Å²) in [7, 11) is 2.16. The van der Waals surface area contributed by atoms with E-state index >= 15 is 0 Å². The molecule has 0 unspecified atom stereocenters. The lowest BCUT2D eigenvalue weighted by Gasteiger charge is -2.45. The van der Waals surface area contributed by atoms with E-state index in [4.69, 9.17) is 0 Å². The quantitative estimate of drug-likeness (QED) is 0.799. The molecule has 0 aliphatic carbocycles. The number of ketones is 1. The van der Waals surface area contributed by atoms with Crippen LogP contribution in [0.5, 0.6) is 0 Å². The van der Waals surface area contributed by atoms with Gasteiger partial charge in [0, 0.05) is 30.7 Å². The van der Waals surface area contributed by atoms with Crippen LogP contribution in [0.1, 0.15) is 40.9 Å². The van der Waals surface area contributed by atoms with Crippen molar-refractivity contribution in [3.05, 3.63) is 34.4 Å². The van der Waals surface area contributed by atoms with Gasteiger partial charge in [-0.05, 0) is 52.8 Å². The van der Waals surface area contributed by atoms with Crippen LogP contribution in [0.4, 0.5) is 0 Å². The normalized spacial score (nSPS) is 19.7. The predicted molar refractivity (Wildman–Crippen MR) is 88.1 cm³/mol. The number of carbonyl (C=O) groups excluding carboxylic acids is 1. The van der Waals surface area contributed by atoms with Crippen molar-refractivity contribution in [2.24, 2.45) is 0 Å². The molecule has 0 N–H and O–H groups in total. The molecule has 3 nitrogen and oxygen atoms in total. The number of benzene rings is 1. The van der Waals surface area contributed by atoms with Gasteiger partial charge in [0.25, 0.3) is 0 Å². The number of rotatable bonds is 3. The maximum Gasteiger partial charge on any atom is 0.177 e. The van der Waals surface area contributed by atoms with Gasteiger partial charge in [-0.2, -0.15) is 0 Å². The lowest BCUT2D eigenvalue weighted by Crippen LogP contribution is -2.58. The van der Waals surface area contributed by atoms with Crippen molar-refractivity contribution in [1.29, 1.82) is 0 Å².